The Kier molecular flexibility index (Phi) is 5.62. The molecule has 2 amide bonds. The minimum atomic E-state index is -0.853. The topological polar surface area (TPSA) is 125 Å². The number of aryl methyl sites for hydroxylation is 1. The molecule has 4 N–H and O–H groups in total. The van der Waals surface area contributed by atoms with Crippen molar-refractivity contribution in [2.24, 2.45) is 5.73 Å². The number of benzene rings is 1. The molecule has 0 atom stereocenters. The predicted octanol–water partition coefficient (Wildman–Crippen LogP) is 1.71. The van der Waals surface area contributed by atoms with Gasteiger partial charge in [-0.3, -0.25) is 14.5 Å². The second-order valence-electron chi connectivity index (χ2n) is 8.00. The molecule has 0 spiro atoms. The average Bonchev–Trinajstić information content (AvgIpc) is 2.63. The molecule has 10 heteroatoms. The number of aliphatic hydroxyl groups is 1. The Bertz CT molecular complexity index is 987. The SMILES string of the molecule is Cc1cc(C(N)=O)c(F)cc1Nc1ncc(N(C)C)c(N(C=O)C2CC(C)(O)C2)n1. The summed E-state index contributed by atoms with van der Waals surface area (Å²) in [4.78, 5) is 35.2. The first-order valence-corrected chi connectivity index (χ1v) is 9.40. The quantitative estimate of drug-likeness (QED) is 0.587. The summed E-state index contributed by atoms with van der Waals surface area (Å²) < 4.78 is 14.2. The summed E-state index contributed by atoms with van der Waals surface area (Å²) in [6, 6.07) is 2.32. The second kappa shape index (κ2) is 7.86. The third kappa shape index (κ3) is 4.18. The maximum atomic E-state index is 14.2. The van der Waals surface area contributed by atoms with Crippen LogP contribution in [-0.4, -0.2) is 53.1 Å². The number of carbonyl (C=O) groups is 2. The molecule has 1 heterocycles. The van der Waals surface area contributed by atoms with Crippen molar-refractivity contribution in [3.63, 3.8) is 0 Å². The maximum Gasteiger partial charge on any atom is 0.251 e. The smallest absolute Gasteiger partial charge is 0.251 e. The lowest BCUT2D eigenvalue weighted by Gasteiger charge is -2.45. The fourth-order valence-corrected chi connectivity index (χ4v) is 3.52. The average molecular weight is 416 g/mol. The van der Waals surface area contributed by atoms with Gasteiger partial charge in [0.15, 0.2) is 5.82 Å². The molecule has 0 saturated heterocycles. The summed E-state index contributed by atoms with van der Waals surface area (Å²) >= 11 is 0. The van der Waals surface area contributed by atoms with E-state index in [0.717, 1.165) is 6.07 Å². The molecule has 2 aromatic rings. The van der Waals surface area contributed by atoms with E-state index in [-0.39, 0.29) is 17.6 Å². The Morgan fingerprint density at radius 1 is 1.40 bits per heavy atom. The number of nitrogens with two attached hydrogens (primary N) is 1. The monoisotopic (exact) mass is 416 g/mol. The van der Waals surface area contributed by atoms with Crippen LogP contribution in [0.3, 0.4) is 0 Å². The van der Waals surface area contributed by atoms with E-state index in [2.05, 4.69) is 15.3 Å². The Morgan fingerprint density at radius 2 is 2.07 bits per heavy atom. The van der Waals surface area contributed by atoms with E-state index in [9.17, 15) is 19.1 Å². The van der Waals surface area contributed by atoms with Gasteiger partial charge in [-0.05, 0) is 44.4 Å². The second-order valence-corrected chi connectivity index (χ2v) is 8.00. The number of halogens is 1. The largest absolute Gasteiger partial charge is 0.390 e. The van der Waals surface area contributed by atoms with Crippen LogP contribution in [0.1, 0.15) is 35.7 Å². The van der Waals surface area contributed by atoms with Crippen LogP contribution in [0.15, 0.2) is 18.3 Å². The highest BCUT2D eigenvalue weighted by Crippen LogP contribution is 2.39. The highest BCUT2D eigenvalue weighted by atomic mass is 19.1. The fourth-order valence-electron chi connectivity index (χ4n) is 3.52. The molecule has 1 saturated carbocycles. The van der Waals surface area contributed by atoms with Crippen molar-refractivity contribution in [3.8, 4) is 0 Å². The highest BCUT2D eigenvalue weighted by molar-refractivity contribution is 5.94. The first-order valence-electron chi connectivity index (χ1n) is 9.40. The summed E-state index contributed by atoms with van der Waals surface area (Å²) in [6.45, 7) is 3.41. The number of hydrogen-bond acceptors (Lipinski definition) is 7. The number of primary amides is 1. The van der Waals surface area contributed by atoms with Gasteiger partial charge in [0, 0.05) is 25.8 Å². The summed E-state index contributed by atoms with van der Waals surface area (Å²) in [5.74, 6) is -1.08. The minimum absolute atomic E-state index is 0.155. The van der Waals surface area contributed by atoms with Gasteiger partial charge in [-0.15, -0.1) is 0 Å². The number of nitrogens with one attached hydrogen (secondary N) is 1. The van der Waals surface area contributed by atoms with Gasteiger partial charge in [-0.1, -0.05) is 0 Å². The van der Waals surface area contributed by atoms with Crippen LogP contribution < -0.4 is 20.9 Å². The lowest BCUT2D eigenvalue weighted by atomic mass is 9.76. The van der Waals surface area contributed by atoms with Crippen molar-refractivity contribution in [2.75, 3.05) is 29.2 Å². The molecule has 0 radical (unpaired) electrons. The number of carbonyl (C=O) groups excluding carboxylic acids is 2. The van der Waals surface area contributed by atoms with Crippen molar-refractivity contribution in [1.82, 2.24) is 9.97 Å². The number of nitrogens with zero attached hydrogens (tertiary/aromatic N) is 4. The van der Waals surface area contributed by atoms with Crippen LogP contribution in [0.4, 0.5) is 27.5 Å². The molecule has 0 aliphatic heterocycles. The van der Waals surface area contributed by atoms with Gasteiger partial charge >= 0.3 is 0 Å². The Morgan fingerprint density at radius 3 is 2.60 bits per heavy atom. The van der Waals surface area contributed by atoms with Crippen molar-refractivity contribution >= 4 is 35.5 Å². The van der Waals surface area contributed by atoms with E-state index >= 15 is 0 Å². The van der Waals surface area contributed by atoms with Crippen molar-refractivity contribution in [3.05, 3.63) is 35.3 Å². The highest BCUT2D eigenvalue weighted by Gasteiger charge is 2.43. The third-order valence-electron chi connectivity index (χ3n) is 5.16. The van der Waals surface area contributed by atoms with Crippen LogP contribution in [-0.2, 0) is 4.79 Å². The molecule has 3 rings (SSSR count). The molecule has 160 valence electrons. The summed E-state index contributed by atoms with van der Waals surface area (Å²) in [7, 11) is 3.61. The first kappa shape index (κ1) is 21.4. The van der Waals surface area contributed by atoms with Crippen LogP contribution in [0.2, 0.25) is 0 Å². The maximum absolute atomic E-state index is 14.2. The van der Waals surface area contributed by atoms with Crippen molar-refractivity contribution < 1.29 is 19.1 Å². The summed E-state index contributed by atoms with van der Waals surface area (Å²) in [6.07, 6.45) is 3.11. The number of rotatable bonds is 7. The van der Waals surface area contributed by atoms with E-state index < -0.39 is 17.3 Å². The van der Waals surface area contributed by atoms with Gasteiger partial charge in [0.1, 0.15) is 5.82 Å². The van der Waals surface area contributed by atoms with Crippen LogP contribution in [0.25, 0.3) is 0 Å². The summed E-state index contributed by atoms with van der Waals surface area (Å²) in [5, 5.41) is 13.0. The molecular formula is C20H25FN6O3. The third-order valence-corrected chi connectivity index (χ3v) is 5.16. The molecule has 1 aliphatic rings. The molecule has 9 nitrogen and oxygen atoms in total. The van der Waals surface area contributed by atoms with Gasteiger partial charge in [0.25, 0.3) is 5.91 Å². The van der Waals surface area contributed by atoms with E-state index in [4.69, 9.17) is 5.73 Å². The van der Waals surface area contributed by atoms with Gasteiger partial charge in [-0.25, -0.2) is 9.37 Å². The molecule has 1 fully saturated rings. The Labute approximate surface area is 173 Å². The summed E-state index contributed by atoms with van der Waals surface area (Å²) in [5.41, 5.74) is 5.73. The van der Waals surface area contributed by atoms with Crippen molar-refractivity contribution in [1.29, 1.82) is 0 Å². The standard InChI is InChI=1S/C20H25FN6O3/c1-11-5-13(17(22)29)14(21)6-15(11)24-19-23-9-16(26(3)4)18(25-19)27(10-28)12-7-20(2,30)8-12/h5-6,9-10,12,30H,7-8H2,1-4H3,(H2,22,29)(H,23,24,25). The van der Waals surface area contributed by atoms with E-state index in [1.165, 1.54) is 11.0 Å². The molecule has 1 aromatic carbocycles. The van der Waals surface area contributed by atoms with Crippen LogP contribution in [0.5, 0.6) is 0 Å². The molecule has 30 heavy (non-hydrogen) atoms. The molecule has 0 bridgehead atoms. The van der Waals surface area contributed by atoms with E-state index in [0.29, 0.717) is 42.0 Å². The predicted molar refractivity (Wildman–Crippen MR) is 111 cm³/mol. The van der Waals surface area contributed by atoms with E-state index in [1.54, 1.807) is 39.0 Å². The molecular weight excluding hydrogens is 391 g/mol. The molecule has 1 aliphatic carbocycles. The number of hydrogen-bond donors (Lipinski definition) is 3. The fraction of sp³-hybridized carbons (Fsp3) is 0.400. The number of amides is 2. The minimum Gasteiger partial charge on any atom is -0.390 e. The zero-order valence-electron chi connectivity index (χ0n) is 17.3. The normalized spacial score (nSPS) is 20.3. The first-order chi connectivity index (χ1) is 14.0. The van der Waals surface area contributed by atoms with Gasteiger partial charge in [-0.2, -0.15) is 4.98 Å². The zero-order valence-corrected chi connectivity index (χ0v) is 17.3. The lowest BCUT2D eigenvalue weighted by molar-refractivity contribution is -0.109. The number of anilines is 4. The van der Waals surface area contributed by atoms with Gasteiger partial charge in [0.2, 0.25) is 12.4 Å². The number of aromatic nitrogens is 2. The Balaban J connectivity index is 1.96. The zero-order chi connectivity index (χ0) is 22.2. The Hall–Kier alpha value is -3.27. The van der Waals surface area contributed by atoms with Crippen LogP contribution >= 0.6 is 0 Å². The van der Waals surface area contributed by atoms with Gasteiger partial charge < -0.3 is 21.1 Å². The van der Waals surface area contributed by atoms with E-state index in [1.807, 2.05) is 0 Å². The molecule has 1 aromatic heterocycles. The van der Waals surface area contributed by atoms with Crippen LogP contribution in [0, 0.1) is 12.7 Å². The van der Waals surface area contributed by atoms with Gasteiger partial charge in [0.05, 0.1) is 23.0 Å². The molecule has 0 unspecified atom stereocenters. The van der Waals surface area contributed by atoms with Crippen molar-refractivity contribution in [2.45, 2.75) is 38.3 Å². The lowest BCUT2D eigenvalue weighted by Crippen LogP contribution is -2.53.